The Morgan fingerprint density at radius 3 is 1.73 bits per heavy atom. The van der Waals surface area contributed by atoms with Crippen molar-refractivity contribution >= 4 is 6.47 Å². The average molecular weight is 298 g/mol. The first-order valence-corrected chi connectivity index (χ1v) is 7.36. The van der Waals surface area contributed by atoms with Gasteiger partial charge in [-0.2, -0.15) is 0 Å². The molecule has 1 atom stereocenters. The summed E-state index contributed by atoms with van der Waals surface area (Å²) in [6.45, 7) is 10.3. The lowest BCUT2D eigenvalue weighted by atomic mass is 9.88. The number of carbonyl (C=O) groups excluding carboxylic acids is 1. The van der Waals surface area contributed by atoms with Crippen LogP contribution in [0.5, 0.6) is 11.5 Å². The average Bonchev–Trinajstić information content (AvgIpc) is 2.47. The molecule has 1 N–H and O–H groups in total. The van der Waals surface area contributed by atoms with E-state index < -0.39 is 0 Å². The molecule has 22 heavy (non-hydrogen) atoms. The van der Waals surface area contributed by atoms with E-state index in [-0.39, 0.29) is 5.92 Å². The largest absolute Gasteiger partial charge is 0.507 e. The zero-order chi connectivity index (χ0) is 16.4. The van der Waals surface area contributed by atoms with Crippen molar-refractivity contribution in [3.05, 3.63) is 57.6 Å². The fourth-order valence-electron chi connectivity index (χ4n) is 2.90. The SMILES string of the molecule is Cc1cc(C(C)c2cc(C)c(OC=O)c(C)c2)cc(C)c1O. The summed E-state index contributed by atoms with van der Waals surface area (Å²) in [6, 6.07) is 8.14. The normalized spacial score (nSPS) is 12.0. The lowest BCUT2D eigenvalue weighted by Gasteiger charge is -2.18. The topological polar surface area (TPSA) is 46.5 Å². The molecule has 2 rings (SSSR count). The van der Waals surface area contributed by atoms with Crippen molar-refractivity contribution in [3.8, 4) is 11.5 Å². The van der Waals surface area contributed by atoms with E-state index in [1.165, 1.54) is 0 Å². The van der Waals surface area contributed by atoms with Crippen molar-refractivity contribution in [2.75, 3.05) is 0 Å². The molecule has 3 nitrogen and oxygen atoms in total. The molecule has 0 heterocycles. The van der Waals surface area contributed by atoms with E-state index in [1.807, 2.05) is 52.0 Å². The molecule has 0 aliphatic carbocycles. The molecule has 0 saturated heterocycles. The van der Waals surface area contributed by atoms with Gasteiger partial charge in [0.2, 0.25) is 0 Å². The van der Waals surface area contributed by atoms with Crippen LogP contribution in [0, 0.1) is 27.7 Å². The molecule has 0 fully saturated rings. The summed E-state index contributed by atoms with van der Waals surface area (Å²) < 4.78 is 5.05. The van der Waals surface area contributed by atoms with Crippen molar-refractivity contribution in [2.45, 2.75) is 40.5 Å². The van der Waals surface area contributed by atoms with E-state index in [9.17, 15) is 9.90 Å². The minimum Gasteiger partial charge on any atom is -0.507 e. The van der Waals surface area contributed by atoms with Gasteiger partial charge in [0, 0.05) is 5.92 Å². The van der Waals surface area contributed by atoms with Crippen molar-refractivity contribution < 1.29 is 14.6 Å². The maximum atomic E-state index is 10.6. The second kappa shape index (κ2) is 6.22. The van der Waals surface area contributed by atoms with E-state index in [0.29, 0.717) is 18.0 Å². The molecular weight excluding hydrogens is 276 g/mol. The van der Waals surface area contributed by atoms with Gasteiger partial charge in [-0.15, -0.1) is 0 Å². The Kier molecular flexibility index (Phi) is 4.55. The second-order valence-electron chi connectivity index (χ2n) is 5.92. The van der Waals surface area contributed by atoms with E-state index >= 15 is 0 Å². The number of rotatable bonds is 4. The standard InChI is InChI=1S/C19H22O3/c1-11-6-16(7-12(2)18(11)21)15(5)17-8-13(3)19(22-10-20)14(4)9-17/h6-10,15,21H,1-5H3. The highest BCUT2D eigenvalue weighted by atomic mass is 16.5. The van der Waals surface area contributed by atoms with Crippen LogP contribution in [0.25, 0.3) is 0 Å². The van der Waals surface area contributed by atoms with Crippen LogP contribution < -0.4 is 4.74 Å². The molecular formula is C19H22O3. The molecule has 0 spiro atoms. The minimum absolute atomic E-state index is 0.195. The predicted octanol–water partition coefficient (Wildman–Crippen LogP) is 4.31. The first-order valence-electron chi connectivity index (χ1n) is 7.36. The molecule has 116 valence electrons. The fraction of sp³-hybridized carbons (Fsp3) is 0.316. The number of hydrogen-bond acceptors (Lipinski definition) is 3. The van der Waals surface area contributed by atoms with Crippen LogP contribution in [-0.2, 0) is 4.79 Å². The van der Waals surface area contributed by atoms with Crippen molar-refractivity contribution in [1.82, 2.24) is 0 Å². The summed E-state index contributed by atoms with van der Waals surface area (Å²) in [5.41, 5.74) is 5.99. The Hall–Kier alpha value is -2.29. The van der Waals surface area contributed by atoms with Gasteiger partial charge >= 0.3 is 0 Å². The van der Waals surface area contributed by atoms with Gasteiger partial charge in [0.15, 0.2) is 0 Å². The van der Waals surface area contributed by atoms with Crippen LogP contribution in [0.3, 0.4) is 0 Å². The number of aromatic hydroxyl groups is 1. The molecule has 0 aliphatic rings. The first kappa shape index (κ1) is 16.1. The predicted molar refractivity (Wildman–Crippen MR) is 87.7 cm³/mol. The van der Waals surface area contributed by atoms with E-state index in [2.05, 4.69) is 6.92 Å². The van der Waals surface area contributed by atoms with Gasteiger partial charge in [-0.1, -0.05) is 31.2 Å². The number of aryl methyl sites for hydroxylation is 4. The Morgan fingerprint density at radius 1 is 0.909 bits per heavy atom. The van der Waals surface area contributed by atoms with E-state index in [0.717, 1.165) is 33.4 Å². The highest BCUT2D eigenvalue weighted by Crippen LogP contribution is 2.33. The molecule has 0 amide bonds. The molecule has 0 radical (unpaired) electrons. The maximum absolute atomic E-state index is 10.6. The van der Waals surface area contributed by atoms with Crippen molar-refractivity contribution in [2.24, 2.45) is 0 Å². The van der Waals surface area contributed by atoms with Gasteiger partial charge in [-0.3, -0.25) is 4.79 Å². The van der Waals surface area contributed by atoms with Gasteiger partial charge < -0.3 is 9.84 Å². The molecule has 3 heteroatoms. The van der Waals surface area contributed by atoms with Crippen LogP contribution in [-0.4, -0.2) is 11.6 Å². The highest BCUT2D eigenvalue weighted by molar-refractivity contribution is 5.54. The lowest BCUT2D eigenvalue weighted by molar-refractivity contribution is -0.120. The third-order valence-electron chi connectivity index (χ3n) is 4.16. The summed E-state index contributed by atoms with van der Waals surface area (Å²) in [4.78, 5) is 10.6. The lowest BCUT2D eigenvalue weighted by Crippen LogP contribution is -2.01. The third kappa shape index (κ3) is 2.98. The van der Waals surface area contributed by atoms with Crippen LogP contribution in [0.2, 0.25) is 0 Å². The smallest absolute Gasteiger partial charge is 0.298 e. The molecule has 2 aromatic rings. The maximum Gasteiger partial charge on any atom is 0.298 e. The van der Waals surface area contributed by atoms with E-state index in [1.54, 1.807) is 0 Å². The van der Waals surface area contributed by atoms with Crippen LogP contribution in [0.15, 0.2) is 24.3 Å². The zero-order valence-electron chi connectivity index (χ0n) is 13.7. The molecule has 1 unspecified atom stereocenters. The summed E-state index contributed by atoms with van der Waals surface area (Å²) in [7, 11) is 0. The van der Waals surface area contributed by atoms with Crippen molar-refractivity contribution in [1.29, 1.82) is 0 Å². The quantitative estimate of drug-likeness (QED) is 0.855. The van der Waals surface area contributed by atoms with E-state index in [4.69, 9.17) is 4.74 Å². The van der Waals surface area contributed by atoms with Gasteiger partial charge in [0.25, 0.3) is 6.47 Å². The minimum atomic E-state index is 0.195. The summed E-state index contributed by atoms with van der Waals surface area (Å²) >= 11 is 0. The second-order valence-corrected chi connectivity index (χ2v) is 5.92. The summed E-state index contributed by atoms with van der Waals surface area (Å²) in [5.74, 6) is 1.18. The van der Waals surface area contributed by atoms with Gasteiger partial charge in [-0.25, -0.2) is 0 Å². The van der Waals surface area contributed by atoms with Crippen molar-refractivity contribution in [3.63, 3.8) is 0 Å². The zero-order valence-corrected chi connectivity index (χ0v) is 13.7. The number of hydrogen-bond donors (Lipinski definition) is 1. The van der Waals surface area contributed by atoms with Crippen LogP contribution in [0.1, 0.15) is 46.2 Å². The Labute approximate surface area is 131 Å². The van der Waals surface area contributed by atoms with Gasteiger partial charge in [0.1, 0.15) is 11.5 Å². The number of phenolic OH excluding ortho intramolecular Hbond substituents is 1. The van der Waals surface area contributed by atoms with Gasteiger partial charge in [0.05, 0.1) is 0 Å². The van der Waals surface area contributed by atoms with Gasteiger partial charge in [-0.05, 0) is 61.1 Å². The first-order chi connectivity index (χ1) is 10.3. The Balaban J connectivity index is 2.46. The number of phenols is 1. The third-order valence-corrected chi connectivity index (χ3v) is 4.16. The monoisotopic (exact) mass is 298 g/mol. The number of ether oxygens (including phenoxy) is 1. The Bertz CT molecular complexity index is 671. The Morgan fingerprint density at radius 2 is 1.32 bits per heavy atom. The summed E-state index contributed by atoms with van der Waals surface area (Å²) in [5, 5.41) is 9.92. The van der Waals surface area contributed by atoms with Crippen LogP contribution in [0.4, 0.5) is 0 Å². The molecule has 0 bridgehead atoms. The summed E-state index contributed by atoms with van der Waals surface area (Å²) in [6.07, 6.45) is 0. The molecule has 2 aromatic carbocycles. The molecule has 0 aliphatic heterocycles. The fourth-order valence-corrected chi connectivity index (χ4v) is 2.90. The highest BCUT2D eigenvalue weighted by Gasteiger charge is 2.15. The molecule has 0 saturated carbocycles. The number of benzene rings is 2. The number of carbonyl (C=O) groups is 1. The molecule has 0 aromatic heterocycles. The van der Waals surface area contributed by atoms with Crippen LogP contribution >= 0.6 is 0 Å².